The molecular formula is C24H22N4O3. The summed E-state index contributed by atoms with van der Waals surface area (Å²) in [6.07, 6.45) is 1.80. The third kappa shape index (κ3) is 3.38. The van der Waals surface area contributed by atoms with Gasteiger partial charge in [0.2, 0.25) is 0 Å². The van der Waals surface area contributed by atoms with E-state index in [2.05, 4.69) is 14.9 Å². The number of benzene rings is 2. The Morgan fingerprint density at radius 1 is 0.968 bits per heavy atom. The number of hydrogen-bond acceptors (Lipinski definition) is 6. The summed E-state index contributed by atoms with van der Waals surface area (Å²) >= 11 is 0. The molecule has 31 heavy (non-hydrogen) atoms. The molecule has 2 aromatic carbocycles. The molecule has 0 bridgehead atoms. The van der Waals surface area contributed by atoms with Crippen molar-refractivity contribution in [3.63, 3.8) is 0 Å². The number of carbonyl (C=O) groups excluding carboxylic acids is 1. The van der Waals surface area contributed by atoms with E-state index >= 15 is 0 Å². The highest BCUT2D eigenvalue weighted by molar-refractivity contribution is 6.17. The van der Waals surface area contributed by atoms with Crippen molar-refractivity contribution in [1.29, 1.82) is 0 Å². The first-order valence-electron chi connectivity index (χ1n) is 10.2. The molecule has 1 saturated heterocycles. The molecule has 2 N–H and O–H groups in total. The first-order chi connectivity index (χ1) is 15.0. The Labute approximate surface area is 179 Å². The second-order valence-electron chi connectivity index (χ2n) is 7.83. The maximum Gasteiger partial charge on any atom is 0.255 e. The van der Waals surface area contributed by atoms with Crippen LogP contribution in [0.25, 0.3) is 21.8 Å². The molecule has 156 valence electrons. The molecule has 7 nitrogen and oxygen atoms in total. The van der Waals surface area contributed by atoms with Gasteiger partial charge in [0.1, 0.15) is 17.3 Å². The Balaban J connectivity index is 1.52. The normalized spacial score (nSPS) is 14.4. The van der Waals surface area contributed by atoms with Gasteiger partial charge >= 0.3 is 0 Å². The molecule has 1 fully saturated rings. The van der Waals surface area contributed by atoms with E-state index in [-0.39, 0.29) is 17.4 Å². The van der Waals surface area contributed by atoms with Gasteiger partial charge in [-0.1, -0.05) is 18.2 Å². The third-order valence-corrected chi connectivity index (χ3v) is 5.75. The minimum atomic E-state index is -0.154. The first-order valence-corrected chi connectivity index (χ1v) is 10.2. The number of phenolic OH excluding ortho intramolecular Hbond substituents is 2. The lowest BCUT2D eigenvalue weighted by atomic mass is 10.00. The smallest absolute Gasteiger partial charge is 0.255 e. The summed E-state index contributed by atoms with van der Waals surface area (Å²) < 4.78 is 0. The summed E-state index contributed by atoms with van der Waals surface area (Å²) in [5, 5.41) is 21.5. The zero-order valence-electron chi connectivity index (χ0n) is 17.1. The van der Waals surface area contributed by atoms with E-state index in [4.69, 9.17) is 0 Å². The number of pyridine rings is 2. The predicted molar refractivity (Wildman–Crippen MR) is 120 cm³/mol. The van der Waals surface area contributed by atoms with Gasteiger partial charge in [-0.25, -0.2) is 9.97 Å². The molecule has 5 rings (SSSR count). The molecule has 0 spiro atoms. The summed E-state index contributed by atoms with van der Waals surface area (Å²) in [6, 6.07) is 14.1. The van der Waals surface area contributed by atoms with Crippen molar-refractivity contribution in [3.8, 4) is 11.5 Å². The summed E-state index contributed by atoms with van der Waals surface area (Å²) in [6.45, 7) is 4.48. The molecule has 1 aliphatic heterocycles. The molecule has 0 saturated carbocycles. The van der Waals surface area contributed by atoms with Gasteiger partial charge in [0.25, 0.3) is 5.91 Å². The van der Waals surface area contributed by atoms with Gasteiger partial charge in [0.05, 0.1) is 22.0 Å². The van der Waals surface area contributed by atoms with E-state index in [1.54, 1.807) is 11.1 Å². The van der Waals surface area contributed by atoms with Crippen LogP contribution in [0.15, 0.2) is 54.7 Å². The molecule has 0 unspecified atom stereocenters. The van der Waals surface area contributed by atoms with Crippen LogP contribution in [0.2, 0.25) is 0 Å². The van der Waals surface area contributed by atoms with E-state index in [1.165, 1.54) is 12.1 Å². The molecule has 3 heterocycles. The number of aromatic nitrogens is 2. The topological polar surface area (TPSA) is 89.8 Å². The summed E-state index contributed by atoms with van der Waals surface area (Å²) in [4.78, 5) is 26.6. The number of aryl methyl sites for hydroxylation is 1. The van der Waals surface area contributed by atoms with Crippen molar-refractivity contribution in [2.45, 2.75) is 6.92 Å². The standard InChI is InChI=1S/C24H22N4O3/c1-15-6-7-25-21(12-15)27-8-10-28(11-9-27)24(31)22-17-4-2-3-5-18(17)26-19-13-16(29)14-20(30)23(19)22/h2-7,12-14,29-30H,8-11H2,1H3. The fourth-order valence-corrected chi connectivity index (χ4v) is 4.20. The van der Waals surface area contributed by atoms with Gasteiger partial charge in [0.15, 0.2) is 0 Å². The quantitative estimate of drug-likeness (QED) is 0.488. The minimum Gasteiger partial charge on any atom is -0.508 e. The second-order valence-corrected chi connectivity index (χ2v) is 7.83. The number of amides is 1. The molecule has 4 aromatic rings. The lowest BCUT2D eigenvalue weighted by molar-refractivity contribution is 0.0750. The van der Waals surface area contributed by atoms with Crippen LogP contribution in [0.3, 0.4) is 0 Å². The Kier molecular flexibility index (Phi) is 4.58. The maximum absolute atomic E-state index is 13.7. The van der Waals surface area contributed by atoms with Crippen LogP contribution in [0.4, 0.5) is 5.82 Å². The van der Waals surface area contributed by atoms with Gasteiger partial charge in [-0.2, -0.15) is 0 Å². The molecule has 0 radical (unpaired) electrons. The summed E-state index contributed by atoms with van der Waals surface area (Å²) in [5.41, 5.74) is 2.60. The average Bonchev–Trinajstić information content (AvgIpc) is 2.77. The Morgan fingerprint density at radius 2 is 1.74 bits per heavy atom. The van der Waals surface area contributed by atoms with Crippen LogP contribution >= 0.6 is 0 Å². The molecule has 0 aliphatic carbocycles. The first kappa shape index (κ1) is 19.1. The zero-order chi connectivity index (χ0) is 21.5. The van der Waals surface area contributed by atoms with Crippen LogP contribution in [0.5, 0.6) is 11.5 Å². The van der Waals surface area contributed by atoms with E-state index in [9.17, 15) is 15.0 Å². The number of anilines is 1. The Morgan fingerprint density at radius 3 is 2.52 bits per heavy atom. The van der Waals surface area contributed by atoms with Gasteiger partial charge in [-0.15, -0.1) is 0 Å². The van der Waals surface area contributed by atoms with Crippen molar-refractivity contribution in [1.82, 2.24) is 14.9 Å². The second kappa shape index (κ2) is 7.43. The van der Waals surface area contributed by atoms with Crippen molar-refractivity contribution < 1.29 is 15.0 Å². The Hall–Kier alpha value is -3.87. The summed E-state index contributed by atoms with van der Waals surface area (Å²) in [7, 11) is 0. The SMILES string of the molecule is Cc1ccnc(N2CCN(C(=O)c3c4ccccc4nc4cc(O)cc(O)c34)CC2)c1. The average molecular weight is 414 g/mol. The summed E-state index contributed by atoms with van der Waals surface area (Å²) in [5.74, 6) is 0.520. The lowest BCUT2D eigenvalue weighted by Gasteiger charge is -2.35. The number of piperazine rings is 1. The van der Waals surface area contributed by atoms with Crippen LogP contribution in [-0.2, 0) is 0 Å². The Bertz CT molecular complexity index is 1310. The van der Waals surface area contributed by atoms with Crippen molar-refractivity contribution in [2.75, 3.05) is 31.1 Å². The number of rotatable bonds is 2. The maximum atomic E-state index is 13.7. The highest BCUT2D eigenvalue weighted by Gasteiger charge is 2.27. The highest BCUT2D eigenvalue weighted by Crippen LogP contribution is 2.36. The van der Waals surface area contributed by atoms with Gasteiger partial charge in [-0.05, 0) is 30.7 Å². The fourth-order valence-electron chi connectivity index (χ4n) is 4.20. The molecule has 1 aliphatic rings. The third-order valence-electron chi connectivity index (χ3n) is 5.75. The number of fused-ring (bicyclic) bond motifs is 2. The van der Waals surface area contributed by atoms with E-state index in [1.807, 2.05) is 43.3 Å². The number of nitrogens with zero attached hydrogens (tertiary/aromatic N) is 4. The largest absolute Gasteiger partial charge is 0.508 e. The molecular weight excluding hydrogens is 392 g/mol. The minimum absolute atomic E-state index is 0.0922. The van der Waals surface area contributed by atoms with Crippen LogP contribution < -0.4 is 4.90 Å². The van der Waals surface area contributed by atoms with Crippen LogP contribution in [0.1, 0.15) is 15.9 Å². The number of aromatic hydroxyl groups is 2. The number of phenols is 2. The zero-order valence-corrected chi connectivity index (χ0v) is 17.1. The van der Waals surface area contributed by atoms with Gasteiger partial charge < -0.3 is 20.0 Å². The van der Waals surface area contributed by atoms with Crippen molar-refractivity contribution in [2.24, 2.45) is 0 Å². The molecule has 7 heteroatoms. The molecule has 0 atom stereocenters. The van der Waals surface area contributed by atoms with Crippen LogP contribution in [-0.4, -0.2) is 57.2 Å². The molecule has 1 amide bonds. The van der Waals surface area contributed by atoms with E-state index in [0.29, 0.717) is 53.5 Å². The van der Waals surface area contributed by atoms with Crippen molar-refractivity contribution in [3.05, 3.63) is 65.9 Å². The highest BCUT2D eigenvalue weighted by atomic mass is 16.3. The van der Waals surface area contributed by atoms with Crippen LogP contribution in [0, 0.1) is 6.92 Å². The fraction of sp³-hybridized carbons (Fsp3) is 0.208. The monoisotopic (exact) mass is 414 g/mol. The number of hydrogen-bond donors (Lipinski definition) is 2. The predicted octanol–water partition coefficient (Wildman–Crippen LogP) is 3.47. The molecule has 2 aromatic heterocycles. The van der Waals surface area contributed by atoms with E-state index < -0.39 is 0 Å². The van der Waals surface area contributed by atoms with Gasteiger partial charge in [-0.3, -0.25) is 4.79 Å². The van der Waals surface area contributed by atoms with E-state index in [0.717, 1.165) is 11.4 Å². The van der Waals surface area contributed by atoms with Crippen molar-refractivity contribution >= 4 is 33.5 Å². The van der Waals surface area contributed by atoms with Gasteiger partial charge in [0, 0.05) is 49.9 Å². The number of para-hydroxylation sites is 1. The number of carbonyl (C=O) groups is 1. The lowest BCUT2D eigenvalue weighted by Crippen LogP contribution is -2.49.